The van der Waals surface area contributed by atoms with Gasteiger partial charge in [-0.25, -0.2) is 15.0 Å². The number of benzene rings is 1. The Morgan fingerprint density at radius 2 is 1.87 bits per heavy atom. The lowest BCUT2D eigenvalue weighted by Gasteiger charge is -2.36. The standard InChI is InChI=1S/C32H39F3N6O3S/c1-4-6-23-7-5-10-41(23)19-27-30(22-9-8-20(2)24(15-22)32(33,34)35)38-29(45-27)16-26(42)25-17-37-28(18-36-25)40-13-11-39(12-14-40)21(3)31(43)44/h8-9,15,17-18,21,23H,4-7,10-14,16,19H2,1-3H3,(H,43,44). The topological polar surface area (TPSA) is 103 Å². The number of halogens is 3. The first-order chi connectivity index (χ1) is 21.4. The third-order valence-corrected chi connectivity index (χ3v) is 9.84. The number of likely N-dealkylation sites (tertiary alicyclic amines) is 1. The minimum Gasteiger partial charge on any atom is -0.480 e. The van der Waals surface area contributed by atoms with Gasteiger partial charge in [0.25, 0.3) is 0 Å². The molecule has 5 rings (SSSR count). The summed E-state index contributed by atoms with van der Waals surface area (Å²) in [5.41, 5.74) is 0.543. The lowest BCUT2D eigenvalue weighted by atomic mass is 10.0. The molecule has 2 aliphatic rings. The molecule has 2 saturated heterocycles. The molecule has 0 spiro atoms. The monoisotopic (exact) mass is 644 g/mol. The van der Waals surface area contributed by atoms with Crippen molar-refractivity contribution in [2.45, 2.75) is 77.7 Å². The number of thiazole rings is 1. The van der Waals surface area contributed by atoms with Crippen molar-refractivity contribution in [3.63, 3.8) is 0 Å². The van der Waals surface area contributed by atoms with Crippen molar-refractivity contribution >= 4 is 28.9 Å². The third-order valence-electron chi connectivity index (χ3n) is 8.80. The molecule has 2 fully saturated rings. The Balaban J connectivity index is 1.34. The Hall–Kier alpha value is -3.42. The van der Waals surface area contributed by atoms with E-state index in [0.29, 0.717) is 60.8 Å². The van der Waals surface area contributed by atoms with E-state index in [9.17, 15) is 27.9 Å². The lowest BCUT2D eigenvalue weighted by Crippen LogP contribution is -2.52. The molecule has 45 heavy (non-hydrogen) atoms. The molecule has 3 aromatic rings. The van der Waals surface area contributed by atoms with Crippen LogP contribution in [0.15, 0.2) is 30.6 Å². The predicted molar refractivity (Wildman–Crippen MR) is 167 cm³/mol. The first-order valence-electron chi connectivity index (χ1n) is 15.4. The molecule has 242 valence electrons. The van der Waals surface area contributed by atoms with E-state index in [1.54, 1.807) is 19.2 Å². The number of alkyl halides is 3. The second-order valence-electron chi connectivity index (χ2n) is 11.9. The Kier molecular flexibility index (Phi) is 10.2. The molecule has 2 aliphatic heterocycles. The summed E-state index contributed by atoms with van der Waals surface area (Å²) in [4.78, 5) is 45.3. The fourth-order valence-electron chi connectivity index (χ4n) is 6.18. The van der Waals surface area contributed by atoms with Gasteiger partial charge in [0.1, 0.15) is 22.6 Å². The number of aliphatic carboxylic acids is 1. The highest BCUT2D eigenvalue weighted by Gasteiger charge is 2.33. The number of hydrogen-bond donors (Lipinski definition) is 1. The average molecular weight is 645 g/mol. The zero-order valence-electron chi connectivity index (χ0n) is 25.8. The van der Waals surface area contributed by atoms with E-state index in [0.717, 1.165) is 37.1 Å². The van der Waals surface area contributed by atoms with Crippen molar-refractivity contribution in [1.29, 1.82) is 0 Å². The van der Waals surface area contributed by atoms with Crippen LogP contribution in [-0.4, -0.2) is 86.4 Å². The number of nitrogens with zero attached hydrogens (tertiary/aromatic N) is 6. The first-order valence-corrected chi connectivity index (χ1v) is 16.2. The summed E-state index contributed by atoms with van der Waals surface area (Å²) in [6.07, 6.45) is 2.78. The summed E-state index contributed by atoms with van der Waals surface area (Å²) in [5.74, 6) is -0.516. The van der Waals surface area contributed by atoms with E-state index >= 15 is 0 Å². The molecule has 1 N–H and O–H groups in total. The summed E-state index contributed by atoms with van der Waals surface area (Å²) >= 11 is 1.37. The van der Waals surface area contributed by atoms with Gasteiger partial charge in [-0.2, -0.15) is 13.2 Å². The SMILES string of the molecule is CCCC1CCCN1Cc1sc(CC(=O)c2cnc(N3CCN(C(C)C(=O)O)CC3)cn2)nc1-c1ccc(C)c(C(F)(F)F)c1. The third kappa shape index (κ3) is 7.70. The molecular formula is C32H39F3N6O3S. The van der Waals surface area contributed by atoms with Gasteiger partial charge in [0, 0.05) is 49.2 Å². The number of piperazine rings is 1. The van der Waals surface area contributed by atoms with Gasteiger partial charge in [0.05, 0.1) is 30.1 Å². The number of anilines is 1. The first kappa shape index (κ1) is 33.0. The maximum Gasteiger partial charge on any atom is 0.416 e. The Labute approximate surface area is 265 Å². The van der Waals surface area contributed by atoms with Crippen LogP contribution >= 0.6 is 11.3 Å². The number of carbonyl (C=O) groups excluding carboxylic acids is 1. The maximum absolute atomic E-state index is 13.8. The second kappa shape index (κ2) is 13.9. The van der Waals surface area contributed by atoms with Gasteiger partial charge in [-0.05, 0) is 51.3 Å². The highest BCUT2D eigenvalue weighted by molar-refractivity contribution is 7.12. The van der Waals surface area contributed by atoms with Crippen molar-refractivity contribution in [3.8, 4) is 11.3 Å². The van der Waals surface area contributed by atoms with Crippen LogP contribution in [0.3, 0.4) is 0 Å². The highest BCUT2D eigenvalue weighted by atomic mass is 32.1. The molecule has 2 aromatic heterocycles. The van der Waals surface area contributed by atoms with Gasteiger partial charge in [-0.1, -0.05) is 25.5 Å². The fourth-order valence-corrected chi connectivity index (χ4v) is 7.30. The molecule has 9 nitrogen and oxygen atoms in total. The van der Waals surface area contributed by atoms with Gasteiger partial charge in [-0.3, -0.25) is 19.4 Å². The van der Waals surface area contributed by atoms with Gasteiger partial charge < -0.3 is 10.0 Å². The number of Topliss-reactive ketones (excluding diaryl/α,β-unsaturated/α-hetero) is 1. The number of rotatable bonds is 11. The van der Waals surface area contributed by atoms with E-state index in [2.05, 4.69) is 21.8 Å². The van der Waals surface area contributed by atoms with Gasteiger partial charge in [-0.15, -0.1) is 11.3 Å². The Bertz CT molecular complexity index is 1500. The summed E-state index contributed by atoms with van der Waals surface area (Å²) in [6, 6.07) is 4.19. The highest BCUT2D eigenvalue weighted by Crippen LogP contribution is 2.38. The zero-order valence-corrected chi connectivity index (χ0v) is 26.6. The largest absolute Gasteiger partial charge is 0.480 e. The molecule has 0 saturated carbocycles. The molecule has 0 aliphatic carbocycles. The van der Waals surface area contributed by atoms with Crippen molar-refractivity contribution in [2.24, 2.45) is 0 Å². The van der Waals surface area contributed by atoms with Gasteiger partial charge in [0.15, 0.2) is 5.78 Å². The van der Waals surface area contributed by atoms with E-state index in [-0.39, 0.29) is 23.5 Å². The smallest absolute Gasteiger partial charge is 0.416 e. The van der Waals surface area contributed by atoms with Crippen LogP contribution in [0.5, 0.6) is 0 Å². The summed E-state index contributed by atoms with van der Waals surface area (Å²) in [5, 5.41) is 9.80. The van der Waals surface area contributed by atoms with E-state index in [4.69, 9.17) is 4.98 Å². The Morgan fingerprint density at radius 1 is 1.11 bits per heavy atom. The summed E-state index contributed by atoms with van der Waals surface area (Å²) < 4.78 is 41.4. The van der Waals surface area contributed by atoms with Gasteiger partial charge >= 0.3 is 12.1 Å². The lowest BCUT2D eigenvalue weighted by molar-refractivity contribution is -0.142. The van der Waals surface area contributed by atoms with E-state index in [1.165, 1.54) is 36.6 Å². The number of aromatic nitrogens is 3. The quantitative estimate of drug-likeness (QED) is 0.263. The number of aryl methyl sites for hydroxylation is 1. The average Bonchev–Trinajstić information content (AvgIpc) is 3.63. The molecule has 4 heterocycles. The van der Waals surface area contributed by atoms with Crippen LogP contribution in [0, 0.1) is 6.92 Å². The van der Waals surface area contributed by atoms with Crippen molar-refractivity contribution in [2.75, 3.05) is 37.6 Å². The molecule has 0 radical (unpaired) electrons. The second-order valence-corrected chi connectivity index (χ2v) is 13.0. The van der Waals surface area contributed by atoms with Gasteiger partial charge in [0.2, 0.25) is 0 Å². The Morgan fingerprint density at radius 3 is 2.51 bits per heavy atom. The molecule has 0 amide bonds. The molecule has 13 heteroatoms. The number of carboxylic acids is 1. The van der Waals surface area contributed by atoms with E-state index in [1.807, 2.05) is 9.80 Å². The van der Waals surface area contributed by atoms with Crippen LogP contribution in [0.2, 0.25) is 0 Å². The predicted octanol–water partition coefficient (Wildman–Crippen LogP) is 5.71. The van der Waals surface area contributed by atoms with E-state index < -0.39 is 23.8 Å². The zero-order chi connectivity index (χ0) is 32.3. The summed E-state index contributed by atoms with van der Waals surface area (Å²) in [7, 11) is 0. The number of hydrogen-bond acceptors (Lipinski definition) is 9. The molecule has 2 atom stereocenters. The molecular weight excluding hydrogens is 605 g/mol. The van der Waals surface area contributed by atoms with Crippen LogP contribution in [-0.2, 0) is 23.9 Å². The molecule has 1 aromatic carbocycles. The molecule has 0 bridgehead atoms. The fraction of sp³-hybridized carbons (Fsp3) is 0.531. The van der Waals surface area contributed by atoms with Crippen LogP contribution in [0.25, 0.3) is 11.3 Å². The van der Waals surface area contributed by atoms with Crippen molar-refractivity contribution in [1.82, 2.24) is 24.8 Å². The van der Waals surface area contributed by atoms with Crippen LogP contribution in [0.4, 0.5) is 19.0 Å². The normalized spacial score (nSPS) is 18.8. The number of carbonyl (C=O) groups is 2. The number of carboxylic acid groups (broad SMARTS) is 1. The van der Waals surface area contributed by atoms with Crippen LogP contribution < -0.4 is 4.90 Å². The number of ketones is 1. The molecule has 2 unspecified atom stereocenters. The van der Waals surface area contributed by atoms with Crippen LogP contribution in [0.1, 0.15) is 71.0 Å². The maximum atomic E-state index is 13.8. The minimum atomic E-state index is -4.48. The van der Waals surface area contributed by atoms with Crippen molar-refractivity contribution < 1.29 is 27.9 Å². The minimum absolute atomic E-state index is 0.0339. The summed E-state index contributed by atoms with van der Waals surface area (Å²) in [6.45, 7) is 9.11. The van der Waals surface area contributed by atoms with Crippen molar-refractivity contribution in [3.05, 3.63) is 57.3 Å².